The smallest absolute Gasteiger partial charge is 0.255 e. The summed E-state index contributed by atoms with van der Waals surface area (Å²) < 4.78 is 7.02. The van der Waals surface area contributed by atoms with Gasteiger partial charge >= 0.3 is 0 Å². The van der Waals surface area contributed by atoms with E-state index in [4.69, 9.17) is 4.74 Å². The van der Waals surface area contributed by atoms with E-state index in [1.54, 1.807) is 17.8 Å². The Hall–Kier alpha value is -1.92. The quantitative estimate of drug-likeness (QED) is 0.818. The first kappa shape index (κ1) is 12.1. The van der Waals surface area contributed by atoms with Crippen LogP contribution in [0.3, 0.4) is 0 Å². The summed E-state index contributed by atoms with van der Waals surface area (Å²) in [5.41, 5.74) is 1.39. The first-order valence-electron chi connectivity index (χ1n) is 6.26. The average Bonchev–Trinajstić information content (AvgIpc) is 3.04. The standard InChI is InChI=1S/C13H16N4O2/c1-19-12-8-14-7-10(12)16-13(18)9-6-15-17-5-3-2-4-11(9)17/h2-6,10,12,14H,7-8H2,1H3,(H,16,18)/t10?,12-/m0/s1. The summed E-state index contributed by atoms with van der Waals surface area (Å²) in [6.45, 7) is 1.49. The van der Waals surface area contributed by atoms with Crippen molar-refractivity contribution in [2.24, 2.45) is 0 Å². The van der Waals surface area contributed by atoms with Gasteiger partial charge in [-0.2, -0.15) is 5.10 Å². The molecule has 2 atom stereocenters. The number of rotatable bonds is 3. The van der Waals surface area contributed by atoms with Gasteiger partial charge in [0.05, 0.1) is 29.4 Å². The van der Waals surface area contributed by atoms with Crippen LogP contribution in [0.5, 0.6) is 0 Å². The van der Waals surface area contributed by atoms with Crippen molar-refractivity contribution >= 4 is 11.4 Å². The molecule has 0 saturated carbocycles. The number of carbonyl (C=O) groups excluding carboxylic acids is 1. The van der Waals surface area contributed by atoms with Gasteiger partial charge in [0, 0.05) is 26.4 Å². The van der Waals surface area contributed by atoms with E-state index in [9.17, 15) is 4.79 Å². The first-order chi connectivity index (χ1) is 9.29. The zero-order valence-electron chi connectivity index (χ0n) is 10.7. The SMILES string of the molecule is CO[C@H]1CNCC1NC(=O)c1cnn2ccccc12. The molecule has 1 aliphatic heterocycles. The van der Waals surface area contributed by atoms with Crippen molar-refractivity contribution in [1.82, 2.24) is 20.2 Å². The fourth-order valence-corrected chi connectivity index (χ4v) is 2.40. The summed E-state index contributed by atoms with van der Waals surface area (Å²) in [5.74, 6) is -0.114. The summed E-state index contributed by atoms with van der Waals surface area (Å²) in [6, 6.07) is 5.64. The van der Waals surface area contributed by atoms with E-state index < -0.39 is 0 Å². The zero-order chi connectivity index (χ0) is 13.2. The fraction of sp³-hybridized carbons (Fsp3) is 0.385. The third-order valence-electron chi connectivity index (χ3n) is 3.45. The Balaban J connectivity index is 1.80. The summed E-state index contributed by atoms with van der Waals surface area (Å²) in [4.78, 5) is 12.3. The Labute approximate surface area is 110 Å². The molecule has 2 aromatic rings. The van der Waals surface area contributed by atoms with Crippen molar-refractivity contribution in [3.63, 3.8) is 0 Å². The van der Waals surface area contributed by atoms with E-state index >= 15 is 0 Å². The number of methoxy groups -OCH3 is 1. The highest BCUT2D eigenvalue weighted by molar-refractivity contribution is 6.00. The van der Waals surface area contributed by atoms with Crippen LogP contribution in [0.25, 0.3) is 5.52 Å². The lowest BCUT2D eigenvalue weighted by Gasteiger charge is -2.18. The fourth-order valence-electron chi connectivity index (χ4n) is 2.40. The Bertz CT molecular complexity index is 595. The van der Waals surface area contributed by atoms with Gasteiger partial charge in [0.2, 0.25) is 0 Å². The lowest BCUT2D eigenvalue weighted by atomic mass is 10.2. The summed E-state index contributed by atoms with van der Waals surface area (Å²) >= 11 is 0. The van der Waals surface area contributed by atoms with Crippen molar-refractivity contribution in [1.29, 1.82) is 0 Å². The Morgan fingerprint density at radius 3 is 3.26 bits per heavy atom. The molecule has 3 heterocycles. The molecule has 0 aliphatic carbocycles. The number of ether oxygens (including phenoxy) is 1. The minimum atomic E-state index is -0.114. The number of amides is 1. The zero-order valence-corrected chi connectivity index (χ0v) is 10.7. The van der Waals surface area contributed by atoms with E-state index in [0.717, 1.165) is 18.6 Å². The summed E-state index contributed by atoms with van der Waals surface area (Å²) in [7, 11) is 1.66. The van der Waals surface area contributed by atoms with Crippen LogP contribution in [0.4, 0.5) is 0 Å². The predicted octanol–water partition coefficient (Wildman–Crippen LogP) is 0.0509. The lowest BCUT2D eigenvalue weighted by Crippen LogP contribution is -2.43. The Kier molecular flexibility index (Phi) is 3.18. The number of fused-ring (bicyclic) bond motifs is 1. The minimum Gasteiger partial charge on any atom is -0.378 e. The van der Waals surface area contributed by atoms with Gasteiger partial charge in [-0.15, -0.1) is 0 Å². The number of nitrogens with zero attached hydrogens (tertiary/aromatic N) is 2. The third-order valence-corrected chi connectivity index (χ3v) is 3.45. The van der Waals surface area contributed by atoms with Crippen molar-refractivity contribution in [3.05, 3.63) is 36.2 Å². The molecule has 1 unspecified atom stereocenters. The van der Waals surface area contributed by atoms with Gasteiger partial charge in [-0.25, -0.2) is 4.52 Å². The molecule has 0 aromatic carbocycles. The molecule has 0 spiro atoms. The van der Waals surface area contributed by atoms with Gasteiger partial charge in [-0.3, -0.25) is 4.79 Å². The largest absolute Gasteiger partial charge is 0.378 e. The highest BCUT2D eigenvalue weighted by Crippen LogP contribution is 2.11. The van der Waals surface area contributed by atoms with Gasteiger partial charge in [0.25, 0.3) is 5.91 Å². The van der Waals surface area contributed by atoms with Crippen LogP contribution in [0, 0.1) is 0 Å². The average molecular weight is 260 g/mol. The van der Waals surface area contributed by atoms with Gasteiger partial charge in [0.1, 0.15) is 0 Å². The maximum Gasteiger partial charge on any atom is 0.255 e. The van der Waals surface area contributed by atoms with E-state index in [1.165, 1.54) is 0 Å². The molecule has 1 aliphatic rings. The van der Waals surface area contributed by atoms with E-state index in [0.29, 0.717) is 5.56 Å². The van der Waals surface area contributed by atoms with Crippen molar-refractivity contribution in [2.75, 3.05) is 20.2 Å². The highest BCUT2D eigenvalue weighted by Gasteiger charge is 2.29. The molecular formula is C13H16N4O2. The van der Waals surface area contributed by atoms with Crippen LogP contribution in [0.1, 0.15) is 10.4 Å². The molecule has 1 saturated heterocycles. The van der Waals surface area contributed by atoms with Gasteiger partial charge in [-0.05, 0) is 12.1 Å². The van der Waals surface area contributed by atoms with Crippen LogP contribution in [0.2, 0.25) is 0 Å². The number of hydrogen-bond acceptors (Lipinski definition) is 4. The maximum absolute atomic E-state index is 12.3. The maximum atomic E-state index is 12.3. The van der Waals surface area contributed by atoms with E-state index in [2.05, 4.69) is 15.7 Å². The molecule has 6 nitrogen and oxygen atoms in total. The molecule has 2 aromatic heterocycles. The second kappa shape index (κ2) is 4.99. The van der Waals surface area contributed by atoms with Crippen LogP contribution < -0.4 is 10.6 Å². The molecule has 2 N–H and O–H groups in total. The second-order valence-electron chi connectivity index (χ2n) is 4.60. The summed E-state index contributed by atoms with van der Waals surface area (Å²) in [6.07, 6.45) is 3.43. The molecule has 100 valence electrons. The van der Waals surface area contributed by atoms with Crippen molar-refractivity contribution in [3.8, 4) is 0 Å². The topological polar surface area (TPSA) is 67.7 Å². The van der Waals surface area contributed by atoms with Crippen molar-refractivity contribution in [2.45, 2.75) is 12.1 Å². The molecule has 0 bridgehead atoms. The third kappa shape index (κ3) is 2.20. The summed E-state index contributed by atoms with van der Waals surface area (Å²) in [5, 5.41) is 10.4. The van der Waals surface area contributed by atoms with E-state index in [-0.39, 0.29) is 18.1 Å². The molecule has 3 rings (SSSR count). The Morgan fingerprint density at radius 1 is 1.53 bits per heavy atom. The molecule has 1 fully saturated rings. The lowest BCUT2D eigenvalue weighted by molar-refractivity contribution is 0.0781. The van der Waals surface area contributed by atoms with Gasteiger partial charge in [0.15, 0.2) is 0 Å². The predicted molar refractivity (Wildman–Crippen MR) is 70.1 cm³/mol. The number of aromatic nitrogens is 2. The first-order valence-corrected chi connectivity index (χ1v) is 6.26. The second-order valence-corrected chi connectivity index (χ2v) is 4.60. The number of pyridine rings is 1. The highest BCUT2D eigenvalue weighted by atomic mass is 16.5. The number of hydrogen-bond donors (Lipinski definition) is 2. The molecule has 19 heavy (non-hydrogen) atoms. The minimum absolute atomic E-state index is 0.00355. The normalized spacial score (nSPS) is 22.8. The number of nitrogens with one attached hydrogen (secondary N) is 2. The van der Waals surface area contributed by atoms with Gasteiger partial charge in [-0.1, -0.05) is 6.07 Å². The number of carbonyl (C=O) groups is 1. The van der Waals surface area contributed by atoms with Crippen LogP contribution in [-0.4, -0.2) is 47.9 Å². The van der Waals surface area contributed by atoms with E-state index in [1.807, 2.05) is 24.4 Å². The van der Waals surface area contributed by atoms with Gasteiger partial charge < -0.3 is 15.4 Å². The van der Waals surface area contributed by atoms with Crippen LogP contribution in [0.15, 0.2) is 30.6 Å². The van der Waals surface area contributed by atoms with Crippen LogP contribution in [-0.2, 0) is 4.74 Å². The molecule has 6 heteroatoms. The Morgan fingerprint density at radius 2 is 2.42 bits per heavy atom. The molecule has 1 amide bonds. The monoisotopic (exact) mass is 260 g/mol. The molecule has 0 radical (unpaired) electrons. The van der Waals surface area contributed by atoms with Crippen molar-refractivity contribution < 1.29 is 9.53 Å². The molecular weight excluding hydrogens is 244 g/mol. The van der Waals surface area contributed by atoms with Crippen LogP contribution >= 0.6 is 0 Å².